The van der Waals surface area contributed by atoms with E-state index in [0.717, 1.165) is 6.42 Å². The maximum atomic E-state index is 11.8. The first kappa shape index (κ1) is 12.7. The molecule has 94 valence electrons. The molecule has 1 heterocycles. The Hall–Kier alpha value is 0.260. The second-order valence-electron chi connectivity index (χ2n) is 5.58. The van der Waals surface area contributed by atoms with Gasteiger partial charge in [-0.2, -0.15) is 4.31 Å². The Morgan fingerprint density at radius 1 is 1.25 bits per heavy atom. The van der Waals surface area contributed by atoms with Crippen LogP contribution in [-0.4, -0.2) is 41.6 Å². The Morgan fingerprint density at radius 3 is 2.50 bits per heavy atom. The summed E-state index contributed by atoms with van der Waals surface area (Å²) in [6, 6.07) is 0.252. The monoisotopic (exact) mass is 263 g/mol. The quantitative estimate of drug-likeness (QED) is 0.727. The lowest BCUT2D eigenvalue weighted by atomic mass is 9.94. The number of rotatable bonds is 1. The predicted molar refractivity (Wildman–Crippen MR) is 69.3 cm³/mol. The zero-order chi connectivity index (χ0) is 12.0. The van der Waals surface area contributed by atoms with Gasteiger partial charge in [0.25, 0.3) is 0 Å². The van der Waals surface area contributed by atoms with Gasteiger partial charge in [0.2, 0.25) is 10.0 Å². The molecule has 0 spiro atoms. The van der Waals surface area contributed by atoms with Gasteiger partial charge in [0.05, 0.1) is 6.26 Å². The molecule has 2 atom stereocenters. The largest absolute Gasteiger partial charge is 0.212 e. The summed E-state index contributed by atoms with van der Waals surface area (Å²) in [5.41, 5.74) is 0. The summed E-state index contributed by atoms with van der Waals surface area (Å²) in [6.45, 7) is 4.97. The predicted octanol–water partition coefficient (Wildman–Crippen LogP) is 2.08. The van der Waals surface area contributed by atoms with Crippen molar-refractivity contribution in [2.75, 3.05) is 12.8 Å². The lowest BCUT2D eigenvalue weighted by Gasteiger charge is -2.48. The average molecular weight is 263 g/mol. The van der Waals surface area contributed by atoms with Gasteiger partial charge in [-0.05, 0) is 26.7 Å². The molecular weight excluding hydrogens is 242 g/mol. The minimum atomic E-state index is -3.05. The van der Waals surface area contributed by atoms with Gasteiger partial charge in [-0.3, -0.25) is 0 Å². The zero-order valence-electron chi connectivity index (χ0n) is 10.3. The molecule has 0 N–H and O–H groups in total. The van der Waals surface area contributed by atoms with Crippen molar-refractivity contribution in [2.45, 2.75) is 55.6 Å². The molecule has 0 aromatic rings. The van der Waals surface area contributed by atoms with Crippen LogP contribution >= 0.6 is 11.8 Å². The van der Waals surface area contributed by atoms with Crippen LogP contribution in [0.3, 0.4) is 0 Å². The zero-order valence-corrected chi connectivity index (χ0v) is 11.9. The van der Waals surface area contributed by atoms with Crippen molar-refractivity contribution in [1.29, 1.82) is 0 Å². The standard InChI is InChI=1S/C11H21NO2S2/c1-11(2)8-12(16(3,13)14)9-6-4-5-7-10(9)15-11/h9-10H,4-8H2,1-3H3. The van der Waals surface area contributed by atoms with Gasteiger partial charge in [-0.25, -0.2) is 8.42 Å². The van der Waals surface area contributed by atoms with Crippen LogP contribution in [0.2, 0.25) is 0 Å². The molecule has 3 nitrogen and oxygen atoms in total. The molecule has 5 heteroatoms. The van der Waals surface area contributed by atoms with Crippen molar-refractivity contribution < 1.29 is 8.42 Å². The van der Waals surface area contributed by atoms with E-state index in [1.165, 1.54) is 25.5 Å². The van der Waals surface area contributed by atoms with E-state index in [4.69, 9.17) is 0 Å². The molecular formula is C11H21NO2S2. The summed E-state index contributed by atoms with van der Waals surface area (Å²) in [5, 5.41) is 0.507. The Bertz CT molecular complexity index is 364. The molecule has 2 aliphatic rings. The fourth-order valence-corrected chi connectivity index (χ4v) is 6.07. The van der Waals surface area contributed by atoms with Gasteiger partial charge in [-0.1, -0.05) is 12.8 Å². The summed E-state index contributed by atoms with van der Waals surface area (Å²) in [4.78, 5) is 0. The van der Waals surface area contributed by atoms with Crippen molar-refractivity contribution in [3.63, 3.8) is 0 Å². The van der Waals surface area contributed by atoms with Gasteiger partial charge in [0.15, 0.2) is 0 Å². The Morgan fingerprint density at radius 2 is 1.88 bits per heavy atom. The van der Waals surface area contributed by atoms with Crippen LogP contribution in [0.4, 0.5) is 0 Å². The third kappa shape index (κ3) is 2.57. The summed E-state index contributed by atoms with van der Waals surface area (Å²) in [6.07, 6.45) is 5.99. The smallest absolute Gasteiger partial charge is 0.211 e. The maximum absolute atomic E-state index is 11.8. The van der Waals surface area contributed by atoms with E-state index in [2.05, 4.69) is 13.8 Å². The van der Waals surface area contributed by atoms with Crippen LogP contribution in [-0.2, 0) is 10.0 Å². The molecule has 0 bridgehead atoms. The first-order valence-corrected chi connectivity index (χ1v) is 8.67. The van der Waals surface area contributed by atoms with E-state index >= 15 is 0 Å². The number of nitrogens with zero attached hydrogens (tertiary/aromatic N) is 1. The maximum Gasteiger partial charge on any atom is 0.211 e. The number of hydrogen-bond acceptors (Lipinski definition) is 3. The second kappa shape index (κ2) is 4.18. The van der Waals surface area contributed by atoms with Crippen molar-refractivity contribution in [3.05, 3.63) is 0 Å². The fourth-order valence-electron chi connectivity index (χ4n) is 2.85. The molecule has 2 fully saturated rings. The highest BCUT2D eigenvalue weighted by Crippen LogP contribution is 2.44. The number of thioether (sulfide) groups is 1. The number of fused-ring (bicyclic) bond motifs is 1. The highest BCUT2D eigenvalue weighted by molar-refractivity contribution is 8.01. The molecule has 0 amide bonds. The summed E-state index contributed by atoms with van der Waals surface area (Å²) in [7, 11) is -3.05. The fraction of sp³-hybridized carbons (Fsp3) is 1.00. The van der Waals surface area contributed by atoms with Gasteiger partial charge in [0, 0.05) is 22.6 Å². The van der Waals surface area contributed by atoms with E-state index in [0.29, 0.717) is 11.8 Å². The average Bonchev–Trinajstić information content (AvgIpc) is 2.13. The molecule has 1 aliphatic carbocycles. The van der Waals surface area contributed by atoms with Crippen LogP contribution in [0.15, 0.2) is 0 Å². The van der Waals surface area contributed by atoms with Crippen molar-refractivity contribution >= 4 is 21.8 Å². The molecule has 16 heavy (non-hydrogen) atoms. The first-order valence-electron chi connectivity index (χ1n) is 5.94. The van der Waals surface area contributed by atoms with E-state index in [1.54, 1.807) is 4.31 Å². The molecule has 1 saturated carbocycles. The van der Waals surface area contributed by atoms with Crippen LogP contribution in [0.5, 0.6) is 0 Å². The van der Waals surface area contributed by atoms with E-state index in [-0.39, 0.29) is 10.8 Å². The minimum Gasteiger partial charge on any atom is -0.212 e. The highest BCUT2D eigenvalue weighted by atomic mass is 32.2. The van der Waals surface area contributed by atoms with Gasteiger partial charge < -0.3 is 0 Å². The minimum absolute atomic E-state index is 0.0571. The van der Waals surface area contributed by atoms with E-state index in [1.807, 2.05) is 11.8 Å². The van der Waals surface area contributed by atoms with Gasteiger partial charge in [0.1, 0.15) is 0 Å². The highest BCUT2D eigenvalue weighted by Gasteiger charge is 2.44. The van der Waals surface area contributed by atoms with Crippen LogP contribution < -0.4 is 0 Å². The normalized spacial score (nSPS) is 35.7. The van der Waals surface area contributed by atoms with Crippen molar-refractivity contribution in [1.82, 2.24) is 4.31 Å². The van der Waals surface area contributed by atoms with Crippen LogP contribution in [0, 0.1) is 0 Å². The van der Waals surface area contributed by atoms with Crippen LogP contribution in [0.25, 0.3) is 0 Å². The molecule has 2 unspecified atom stereocenters. The summed E-state index contributed by atoms with van der Waals surface area (Å²) >= 11 is 1.99. The lowest BCUT2D eigenvalue weighted by Crippen LogP contribution is -2.56. The number of hydrogen-bond donors (Lipinski definition) is 0. The van der Waals surface area contributed by atoms with E-state index < -0.39 is 10.0 Å². The lowest BCUT2D eigenvalue weighted by molar-refractivity contribution is 0.234. The Balaban J connectivity index is 2.27. The molecule has 1 saturated heterocycles. The van der Waals surface area contributed by atoms with Crippen molar-refractivity contribution in [3.8, 4) is 0 Å². The summed E-state index contributed by atoms with van der Waals surface area (Å²) < 4.78 is 25.5. The Labute approximate surface area is 103 Å². The second-order valence-corrected chi connectivity index (χ2v) is 9.46. The molecule has 1 aliphatic heterocycles. The van der Waals surface area contributed by atoms with Crippen molar-refractivity contribution in [2.24, 2.45) is 0 Å². The third-order valence-corrected chi connectivity index (χ3v) is 6.34. The molecule has 0 radical (unpaired) electrons. The van der Waals surface area contributed by atoms with Crippen LogP contribution in [0.1, 0.15) is 39.5 Å². The van der Waals surface area contributed by atoms with Gasteiger partial charge >= 0.3 is 0 Å². The third-order valence-electron chi connectivity index (χ3n) is 3.47. The SMILES string of the molecule is CC1(C)CN(S(C)(=O)=O)C2CCCCC2S1. The first-order chi connectivity index (χ1) is 7.30. The summed E-state index contributed by atoms with van der Waals surface area (Å²) in [5.74, 6) is 0. The van der Waals surface area contributed by atoms with Gasteiger partial charge in [-0.15, -0.1) is 11.8 Å². The molecule has 0 aromatic carbocycles. The molecule has 0 aromatic heterocycles. The number of sulfonamides is 1. The molecule has 2 rings (SSSR count). The van der Waals surface area contributed by atoms with E-state index in [9.17, 15) is 8.42 Å². The Kier molecular flexibility index (Phi) is 3.32. The topological polar surface area (TPSA) is 37.4 Å².